The summed E-state index contributed by atoms with van der Waals surface area (Å²) in [6.07, 6.45) is 1.51. The second-order valence-corrected chi connectivity index (χ2v) is 6.29. The first-order valence-corrected chi connectivity index (χ1v) is 8.58. The predicted molar refractivity (Wildman–Crippen MR) is 95.8 cm³/mol. The first-order valence-electron chi connectivity index (χ1n) is 8.58. The number of amides is 1. The molecule has 1 amide bonds. The Labute approximate surface area is 154 Å². The topological polar surface area (TPSA) is 102 Å². The maximum Gasteiger partial charge on any atom is 0.270 e. The second-order valence-electron chi connectivity index (χ2n) is 6.29. The van der Waals surface area contributed by atoms with Gasteiger partial charge < -0.3 is 9.42 Å². The standard InChI is InChI=1S/C19H16N4O4/c24-19(14-8-4-9-15(12-14)23(25)26)22-11-5-10-16(22)18-20-17(21-27-18)13-6-2-1-3-7-13/h1-4,6-9,12,16H,5,10-11H2/t16-/m0/s1. The minimum absolute atomic E-state index is 0.110. The van der Waals surface area contributed by atoms with Crippen LogP contribution in [0.25, 0.3) is 11.4 Å². The molecule has 0 bridgehead atoms. The Bertz CT molecular complexity index is 986. The van der Waals surface area contributed by atoms with Gasteiger partial charge in [0.1, 0.15) is 6.04 Å². The molecule has 136 valence electrons. The Kier molecular flexibility index (Phi) is 4.37. The predicted octanol–water partition coefficient (Wildman–Crippen LogP) is 3.62. The van der Waals surface area contributed by atoms with Crippen molar-refractivity contribution >= 4 is 11.6 Å². The van der Waals surface area contributed by atoms with Gasteiger partial charge in [0.2, 0.25) is 11.7 Å². The molecular weight excluding hydrogens is 348 g/mol. The Morgan fingerprint density at radius 1 is 1.19 bits per heavy atom. The highest BCUT2D eigenvalue weighted by Crippen LogP contribution is 2.33. The number of benzene rings is 2. The number of likely N-dealkylation sites (tertiary alicyclic amines) is 1. The van der Waals surface area contributed by atoms with Crippen LogP contribution < -0.4 is 0 Å². The molecule has 0 aliphatic carbocycles. The normalized spacial score (nSPS) is 16.4. The van der Waals surface area contributed by atoms with Gasteiger partial charge in [0.15, 0.2) is 0 Å². The Morgan fingerprint density at radius 2 is 2.00 bits per heavy atom. The summed E-state index contributed by atoms with van der Waals surface area (Å²) in [5, 5.41) is 15.0. The van der Waals surface area contributed by atoms with Crippen LogP contribution in [0.15, 0.2) is 59.1 Å². The number of carbonyl (C=O) groups is 1. The SMILES string of the molecule is O=C(c1cccc([N+](=O)[O-])c1)N1CCC[C@H]1c1nc(-c2ccccc2)no1. The van der Waals surface area contributed by atoms with Crippen molar-refractivity contribution in [3.63, 3.8) is 0 Å². The second kappa shape index (κ2) is 6.99. The van der Waals surface area contributed by atoms with Crippen molar-refractivity contribution in [3.05, 3.63) is 76.2 Å². The Hall–Kier alpha value is -3.55. The van der Waals surface area contributed by atoms with Gasteiger partial charge in [-0.3, -0.25) is 14.9 Å². The van der Waals surface area contributed by atoms with Crippen LogP contribution in [0.2, 0.25) is 0 Å². The van der Waals surface area contributed by atoms with E-state index in [0.717, 1.165) is 12.0 Å². The van der Waals surface area contributed by atoms with Gasteiger partial charge in [0.25, 0.3) is 11.6 Å². The molecule has 0 saturated carbocycles. The number of non-ortho nitro benzene ring substituents is 1. The molecule has 0 N–H and O–H groups in total. The van der Waals surface area contributed by atoms with Crippen LogP contribution in [-0.2, 0) is 0 Å². The molecule has 8 nitrogen and oxygen atoms in total. The number of nitro benzene ring substituents is 1. The van der Waals surface area contributed by atoms with E-state index in [1.807, 2.05) is 30.3 Å². The first kappa shape index (κ1) is 16.9. The summed E-state index contributed by atoms with van der Waals surface area (Å²) in [6, 6.07) is 14.9. The number of carbonyl (C=O) groups excluding carboxylic acids is 1. The molecule has 1 saturated heterocycles. The molecule has 1 aromatic heterocycles. The van der Waals surface area contributed by atoms with E-state index in [9.17, 15) is 14.9 Å². The van der Waals surface area contributed by atoms with Gasteiger partial charge in [-0.1, -0.05) is 41.6 Å². The molecular formula is C19H16N4O4. The van der Waals surface area contributed by atoms with E-state index in [4.69, 9.17) is 4.52 Å². The minimum Gasteiger partial charge on any atom is -0.337 e. The molecule has 3 aromatic rings. The molecule has 0 unspecified atom stereocenters. The van der Waals surface area contributed by atoms with Crippen LogP contribution in [0.4, 0.5) is 5.69 Å². The fourth-order valence-corrected chi connectivity index (χ4v) is 3.26. The van der Waals surface area contributed by atoms with Crippen molar-refractivity contribution in [2.75, 3.05) is 6.54 Å². The summed E-state index contributed by atoms with van der Waals surface area (Å²) in [7, 11) is 0. The summed E-state index contributed by atoms with van der Waals surface area (Å²) < 4.78 is 5.42. The van der Waals surface area contributed by atoms with Gasteiger partial charge in [-0.05, 0) is 18.9 Å². The quantitative estimate of drug-likeness (QED) is 0.517. The number of aromatic nitrogens is 2. The molecule has 2 aromatic carbocycles. The van der Waals surface area contributed by atoms with Gasteiger partial charge in [-0.15, -0.1) is 0 Å². The summed E-state index contributed by atoms with van der Waals surface area (Å²) in [4.78, 5) is 29.4. The first-order chi connectivity index (χ1) is 13.1. The van der Waals surface area contributed by atoms with Crippen molar-refractivity contribution in [1.82, 2.24) is 15.0 Å². The molecule has 0 radical (unpaired) electrons. The summed E-state index contributed by atoms with van der Waals surface area (Å²) in [6.45, 7) is 0.537. The summed E-state index contributed by atoms with van der Waals surface area (Å²) >= 11 is 0. The molecule has 1 fully saturated rings. The van der Waals surface area contributed by atoms with E-state index in [1.165, 1.54) is 18.2 Å². The highest BCUT2D eigenvalue weighted by molar-refractivity contribution is 5.95. The number of rotatable bonds is 4. The lowest BCUT2D eigenvalue weighted by Crippen LogP contribution is -2.30. The van der Waals surface area contributed by atoms with Crippen LogP contribution in [0.5, 0.6) is 0 Å². The van der Waals surface area contributed by atoms with Gasteiger partial charge in [0, 0.05) is 29.8 Å². The van der Waals surface area contributed by atoms with Crippen LogP contribution in [0.3, 0.4) is 0 Å². The van der Waals surface area contributed by atoms with E-state index in [1.54, 1.807) is 11.0 Å². The monoisotopic (exact) mass is 364 g/mol. The fourth-order valence-electron chi connectivity index (χ4n) is 3.26. The van der Waals surface area contributed by atoms with E-state index >= 15 is 0 Å². The smallest absolute Gasteiger partial charge is 0.270 e. The average molecular weight is 364 g/mol. The van der Waals surface area contributed by atoms with Gasteiger partial charge in [-0.25, -0.2) is 0 Å². The maximum atomic E-state index is 12.9. The van der Waals surface area contributed by atoms with Gasteiger partial charge >= 0.3 is 0 Å². The van der Waals surface area contributed by atoms with Crippen molar-refractivity contribution in [2.24, 2.45) is 0 Å². The van der Waals surface area contributed by atoms with Crippen LogP contribution in [0, 0.1) is 10.1 Å². The minimum atomic E-state index is -0.512. The molecule has 8 heteroatoms. The van der Waals surface area contributed by atoms with E-state index in [0.29, 0.717) is 24.7 Å². The highest BCUT2D eigenvalue weighted by atomic mass is 16.6. The third kappa shape index (κ3) is 3.29. The van der Waals surface area contributed by atoms with Gasteiger partial charge in [0.05, 0.1) is 4.92 Å². The zero-order chi connectivity index (χ0) is 18.8. The molecule has 1 aliphatic rings. The van der Waals surface area contributed by atoms with E-state index < -0.39 is 4.92 Å². The van der Waals surface area contributed by atoms with Crippen molar-refractivity contribution < 1.29 is 14.2 Å². The van der Waals surface area contributed by atoms with Crippen LogP contribution >= 0.6 is 0 Å². The van der Waals surface area contributed by atoms with E-state index in [2.05, 4.69) is 10.1 Å². The Morgan fingerprint density at radius 3 is 2.78 bits per heavy atom. The van der Waals surface area contributed by atoms with E-state index in [-0.39, 0.29) is 23.2 Å². The third-order valence-electron chi connectivity index (χ3n) is 4.58. The third-order valence-corrected chi connectivity index (χ3v) is 4.58. The number of nitrogens with zero attached hydrogens (tertiary/aromatic N) is 4. The zero-order valence-corrected chi connectivity index (χ0v) is 14.3. The molecule has 2 heterocycles. The lowest BCUT2D eigenvalue weighted by Gasteiger charge is -2.21. The van der Waals surface area contributed by atoms with Crippen molar-refractivity contribution in [2.45, 2.75) is 18.9 Å². The van der Waals surface area contributed by atoms with Crippen molar-refractivity contribution in [3.8, 4) is 11.4 Å². The van der Waals surface area contributed by atoms with Crippen molar-refractivity contribution in [1.29, 1.82) is 0 Å². The summed E-state index contributed by atoms with van der Waals surface area (Å²) in [5.74, 6) is 0.575. The molecule has 1 aliphatic heterocycles. The number of hydrogen-bond donors (Lipinski definition) is 0. The lowest BCUT2D eigenvalue weighted by molar-refractivity contribution is -0.384. The molecule has 27 heavy (non-hydrogen) atoms. The van der Waals surface area contributed by atoms with Crippen LogP contribution in [0.1, 0.15) is 35.1 Å². The molecule has 1 atom stereocenters. The number of nitro groups is 1. The largest absolute Gasteiger partial charge is 0.337 e. The average Bonchev–Trinajstić information content (AvgIpc) is 3.37. The lowest BCUT2D eigenvalue weighted by atomic mass is 10.1. The fraction of sp³-hybridized carbons (Fsp3) is 0.211. The maximum absolute atomic E-state index is 12.9. The van der Waals surface area contributed by atoms with Gasteiger partial charge in [-0.2, -0.15) is 4.98 Å². The number of hydrogen-bond acceptors (Lipinski definition) is 6. The Balaban J connectivity index is 1.59. The highest BCUT2D eigenvalue weighted by Gasteiger charge is 2.35. The molecule has 0 spiro atoms. The summed E-state index contributed by atoms with van der Waals surface area (Å²) in [5.41, 5.74) is 1.00. The molecule has 4 rings (SSSR count). The van der Waals surface area contributed by atoms with Crippen LogP contribution in [-0.4, -0.2) is 32.4 Å². The zero-order valence-electron chi connectivity index (χ0n) is 14.3.